The second-order valence-electron chi connectivity index (χ2n) is 6.10. The van der Waals surface area contributed by atoms with Crippen LogP contribution in [0.1, 0.15) is 32.9 Å². The molecule has 0 aliphatic carbocycles. The van der Waals surface area contributed by atoms with Crippen LogP contribution < -0.4 is 5.73 Å². The molecule has 2 N–H and O–H groups in total. The minimum atomic E-state index is 0.157. The molecule has 18 heavy (non-hydrogen) atoms. The average Bonchev–Trinajstić information content (AvgIpc) is 2.63. The number of hydrogen-bond acceptors (Lipinski definition) is 2. The normalized spacial score (nSPS) is 14.1. The van der Waals surface area contributed by atoms with Crippen LogP contribution in [0.2, 0.25) is 0 Å². The SMILES string of the molecule is Cn1nc(CCC(N)C(C)(C)C)c2ccccc21. The fraction of sp³-hybridized carbons (Fsp3) is 0.533. The van der Waals surface area contributed by atoms with Crippen molar-refractivity contribution in [2.24, 2.45) is 18.2 Å². The van der Waals surface area contributed by atoms with Gasteiger partial charge < -0.3 is 5.73 Å². The lowest BCUT2D eigenvalue weighted by Crippen LogP contribution is -2.35. The van der Waals surface area contributed by atoms with Gasteiger partial charge in [-0.05, 0) is 24.3 Å². The molecule has 98 valence electrons. The van der Waals surface area contributed by atoms with Gasteiger partial charge in [0.05, 0.1) is 11.2 Å². The number of rotatable bonds is 3. The predicted molar refractivity (Wildman–Crippen MR) is 76.5 cm³/mol. The third kappa shape index (κ3) is 2.56. The summed E-state index contributed by atoms with van der Waals surface area (Å²) in [6, 6.07) is 8.57. The van der Waals surface area contributed by atoms with E-state index in [-0.39, 0.29) is 11.5 Å². The van der Waals surface area contributed by atoms with Crippen molar-refractivity contribution in [3.8, 4) is 0 Å². The first-order chi connectivity index (χ1) is 8.39. The smallest absolute Gasteiger partial charge is 0.0703 e. The molecule has 1 atom stereocenters. The minimum absolute atomic E-state index is 0.157. The molecule has 0 bridgehead atoms. The number of fused-ring (bicyclic) bond motifs is 1. The fourth-order valence-corrected chi connectivity index (χ4v) is 2.20. The summed E-state index contributed by atoms with van der Waals surface area (Å²) in [5, 5.41) is 5.86. The van der Waals surface area contributed by atoms with Crippen LogP contribution in [0.4, 0.5) is 0 Å². The van der Waals surface area contributed by atoms with Crippen molar-refractivity contribution < 1.29 is 0 Å². The van der Waals surface area contributed by atoms with Crippen LogP contribution in [-0.4, -0.2) is 15.8 Å². The fourth-order valence-electron chi connectivity index (χ4n) is 2.20. The van der Waals surface area contributed by atoms with Crippen molar-refractivity contribution in [3.63, 3.8) is 0 Å². The van der Waals surface area contributed by atoms with Gasteiger partial charge in [-0.1, -0.05) is 39.0 Å². The van der Waals surface area contributed by atoms with E-state index >= 15 is 0 Å². The van der Waals surface area contributed by atoms with Gasteiger partial charge in [-0.25, -0.2) is 0 Å². The molecule has 0 saturated heterocycles. The molecule has 0 fully saturated rings. The van der Waals surface area contributed by atoms with Crippen molar-refractivity contribution in [1.82, 2.24) is 9.78 Å². The van der Waals surface area contributed by atoms with Crippen LogP contribution >= 0.6 is 0 Å². The Balaban J connectivity index is 2.18. The van der Waals surface area contributed by atoms with Gasteiger partial charge in [0.2, 0.25) is 0 Å². The summed E-state index contributed by atoms with van der Waals surface area (Å²) in [4.78, 5) is 0. The van der Waals surface area contributed by atoms with Crippen molar-refractivity contribution >= 4 is 10.9 Å². The molecule has 1 aromatic carbocycles. The lowest BCUT2D eigenvalue weighted by Gasteiger charge is -2.26. The summed E-state index contributed by atoms with van der Waals surface area (Å²) < 4.78 is 1.95. The van der Waals surface area contributed by atoms with Gasteiger partial charge in [-0.15, -0.1) is 0 Å². The zero-order valence-electron chi connectivity index (χ0n) is 11.8. The molecule has 1 heterocycles. The Morgan fingerprint density at radius 2 is 1.94 bits per heavy atom. The number of benzene rings is 1. The molecule has 0 amide bonds. The van der Waals surface area contributed by atoms with E-state index < -0.39 is 0 Å². The van der Waals surface area contributed by atoms with Gasteiger partial charge in [-0.3, -0.25) is 4.68 Å². The summed E-state index contributed by atoms with van der Waals surface area (Å²) in [6.45, 7) is 6.57. The van der Waals surface area contributed by atoms with Gasteiger partial charge >= 0.3 is 0 Å². The van der Waals surface area contributed by atoms with Crippen LogP contribution in [-0.2, 0) is 13.5 Å². The van der Waals surface area contributed by atoms with Crippen LogP contribution in [0.3, 0.4) is 0 Å². The molecule has 2 aromatic rings. The highest BCUT2D eigenvalue weighted by molar-refractivity contribution is 5.81. The van der Waals surface area contributed by atoms with Gasteiger partial charge in [-0.2, -0.15) is 5.10 Å². The topological polar surface area (TPSA) is 43.8 Å². The second-order valence-corrected chi connectivity index (χ2v) is 6.10. The van der Waals surface area contributed by atoms with Crippen LogP contribution in [0.25, 0.3) is 10.9 Å². The summed E-state index contributed by atoms with van der Waals surface area (Å²) in [5.41, 5.74) is 8.72. The van der Waals surface area contributed by atoms with Crippen molar-refractivity contribution in [2.75, 3.05) is 0 Å². The van der Waals surface area contributed by atoms with Crippen LogP contribution in [0.5, 0.6) is 0 Å². The third-order valence-electron chi connectivity index (χ3n) is 3.64. The summed E-state index contributed by atoms with van der Waals surface area (Å²) in [6.07, 6.45) is 1.92. The predicted octanol–water partition coefficient (Wildman–Crippen LogP) is 2.88. The highest BCUT2D eigenvalue weighted by Crippen LogP contribution is 2.23. The third-order valence-corrected chi connectivity index (χ3v) is 3.64. The van der Waals surface area contributed by atoms with E-state index in [0.29, 0.717) is 0 Å². The standard InChI is InChI=1S/C15H23N3/c1-15(2,3)14(16)10-9-12-11-7-5-6-8-13(11)18(4)17-12/h5-8,14H,9-10,16H2,1-4H3. The molecule has 1 unspecified atom stereocenters. The molecule has 1 aromatic heterocycles. The summed E-state index contributed by atoms with van der Waals surface area (Å²) >= 11 is 0. The molecule has 0 aliphatic rings. The highest BCUT2D eigenvalue weighted by atomic mass is 15.3. The van der Waals surface area contributed by atoms with E-state index in [1.807, 2.05) is 11.7 Å². The monoisotopic (exact) mass is 245 g/mol. The first-order valence-corrected chi connectivity index (χ1v) is 6.56. The zero-order valence-corrected chi connectivity index (χ0v) is 11.8. The first kappa shape index (κ1) is 13.1. The minimum Gasteiger partial charge on any atom is -0.327 e. The number of nitrogens with zero attached hydrogens (tertiary/aromatic N) is 2. The Morgan fingerprint density at radius 3 is 2.61 bits per heavy atom. The van der Waals surface area contributed by atoms with E-state index in [1.165, 1.54) is 10.9 Å². The van der Waals surface area contributed by atoms with Gasteiger partial charge in [0.25, 0.3) is 0 Å². The quantitative estimate of drug-likeness (QED) is 0.903. The lowest BCUT2D eigenvalue weighted by molar-refractivity contribution is 0.305. The Morgan fingerprint density at radius 1 is 1.28 bits per heavy atom. The Bertz CT molecular complexity index is 534. The summed E-state index contributed by atoms with van der Waals surface area (Å²) in [5.74, 6) is 0. The maximum absolute atomic E-state index is 6.21. The molecule has 0 saturated carbocycles. The van der Waals surface area contributed by atoms with E-state index in [2.05, 4.69) is 50.1 Å². The second kappa shape index (κ2) is 4.73. The lowest BCUT2D eigenvalue weighted by atomic mass is 9.84. The van der Waals surface area contributed by atoms with E-state index in [1.54, 1.807) is 0 Å². The molecule has 3 nitrogen and oxygen atoms in total. The van der Waals surface area contributed by atoms with Crippen LogP contribution in [0, 0.1) is 5.41 Å². The Labute approximate surface area is 109 Å². The molecule has 0 aliphatic heterocycles. The average molecular weight is 245 g/mol. The van der Waals surface area contributed by atoms with Crippen molar-refractivity contribution in [2.45, 2.75) is 39.7 Å². The molecular formula is C15H23N3. The van der Waals surface area contributed by atoms with Crippen LogP contribution in [0.15, 0.2) is 24.3 Å². The Kier molecular flexibility index (Phi) is 3.44. The molecule has 0 spiro atoms. The maximum Gasteiger partial charge on any atom is 0.0703 e. The van der Waals surface area contributed by atoms with E-state index in [9.17, 15) is 0 Å². The van der Waals surface area contributed by atoms with Gasteiger partial charge in [0.15, 0.2) is 0 Å². The number of aromatic nitrogens is 2. The van der Waals surface area contributed by atoms with Gasteiger partial charge in [0, 0.05) is 18.5 Å². The number of aryl methyl sites for hydroxylation is 2. The highest BCUT2D eigenvalue weighted by Gasteiger charge is 2.21. The molecular weight excluding hydrogens is 222 g/mol. The van der Waals surface area contributed by atoms with E-state index in [0.717, 1.165) is 18.5 Å². The largest absolute Gasteiger partial charge is 0.327 e. The summed E-state index contributed by atoms with van der Waals surface area (Å²) in [7, 11) is 2.00. The van der Waals surface area contributed by atoms with Crippen molar-refractivity contribution in [3.05, 3.63) is 30.0 Å². The van der Waals surface area contributed by atoms with Crippen molar-refractivity contribution in [1.29, 1.82) is 0 Å². The number of para-hydroxylation sites is 1. The molecule has 2 rings (SSSR count). The Hall–Kier alpha value is -1.35. The zero-order chi connectivity index (χ0) is 13.3. The molecule has 0 radical (unpaired) electrons. The number of hydrogen-bond donors (Lipinski definition) is 1. The molecule has 3 heteroatoms. The van der Waals surface area contributed by atoms with E-state index in [4.69, 9.17) is 5.73 Å². The number of nitrogens with two attached hydrogens (primary N) is 1. The van der Waals surface area contributed by atoms with Gasteiger partial charge in [0.1, 0.15) is 0 Å². The maximum atomic E-state index is 6.21. The first-order valence-electron chi connectivity index (χ1n) is 6.56.